The number of benzene rings is 1. The van der Waals surface area contributed by atoms with Crippen LogP contribution in [0.3, 0.4) is 0 Å². The fourth-order valence-electron chi connectivity index (χ4n) is 5.30. The van der Waals surface area contributed by atoms with Gasteiger partial charge in [0.1, 0.15) is 5.78 Å². The lowest BCUT2D eigenvalue weighted by Crippen LogP contribution is -2.50. The quantitative estimate of drug-likeness (QED) is 0.797. The molecule has 0 spiro atoms. The number of Topliss-reactive ketones (excluding diaryl/α,β-unsaturated/α-hetero) is 1. The van der Waals surface area contributed by atoms with Gasteiger partial charge in [-0.3, -0.25) is 9.59 Å². The summed E-state index contributed by atoms with van der Waals surface area (Å²) in [5, 5.41) is 0. The number of hydrogen-bond donors (Lipinski definition) is 0. The molecule has 23 heavy (non-hydrogen) atoms. The average Bonchev–Trinajstić information content (AvgIpc) is 2.84. The number of carbonyl (C=O) groups excluding carboxylic acids is 2. The molecule has 1 aromatic carbocycles. The second kappa shape index (κ2) is 4.46. The summed E-state index contributed by atoms with van der Waals surface area (Å²) in [5.41, 5.74) is 1.56. The molecule has 2 saturated carbocycles. The predicted octanol–water partition coefficient (Wildman–Crippen LogP) is 3.36. The molecule has 0 saturated heterocycles. The molecule has 3 nitrogen and oxygen atoms in total. The average molecular weight is 311 g/mol. The van der Waals surface area contributed by atoms with Gasteiger partial charge in [-0.15, -0.1) is 0 Å². The maximum absolute atomic E-state index is 13.5. The topological polar surface area (TPSA) is 37.4 Å². The van der Waals surface area contributed by atoms with Crippen LogP contribution >= 0.6 is 0 Å². The van der Waals surface area contributed by atoms with Crippen molar-refractivity contribution in [3.63, 3.8) is 0 Å². The van der Waals surface area contributed by atoms with Crippen LogP contribution in [-0.4, -0.2) is 23.1 Å². The maximum atomic E-state index is 13.5. The van der Waals surface area contributed by atoms with Crippen LogP contribution in [0.15, 0.2) is 24.3 Å². The summed E-state index contributed by atoms with van der Waals surface area (Å²) in [6.45, 7) is 7.82. The van der Waals surface area contributed by atoms with Crippen molar-refractivity contribution in [2.75, 3.05) is 6.54 Å². The van der Waals surface area contributed by atoms with Gasteiger partial charge in [-0.1, -0.05) is 45.0 Å². The maximum Gasteiger partial charge on any atom is 0.230 e. The fourth-order valence-corrected chi connectivity index (χ4v) is 5.30. The molecule has 3 heteroatoms. The molecule has 0 aromatic heterocycles. The lowest BCUT2D eigenvalue weighted by Gasteiger charge is -2.42. The first kappa shape index (κ1) is 14.9. The van der Waals surface area contributed by atoms with Crippen LogP contribution in [0.4, 0.5) is 0 Å². The van der Waals surface area contributed by atoms with Crippen LogP contribution in [0.5, 0.6) is 0 Å². The molecule has 122 valence electrons. The van der Waals surface area contributed by atoms with Gasteiger partial charge < -0.3 is 4.90 Å². The first-order chi connectivity index (χ1) is 10.8. The molecule has 0 unspecified atom stereocenters. The van der Waals surface area contributed by atoms with E-state index in [4.69, 9.17) is 0 Å². The Morgan fingerprint density at radius 2 is 1.78 bits per heavy atom. The monoisotopic (exact) mass is 311 g/mol. The Hall–Kier alpha value is -1.64. The molecule has 1 aromatic rings. The molecule has 1 amide bonds. The van der Waals surface area contributed by atoms with Crippen LogP contribution in [0.25, 0.3) is 0 Å². The lowest BCUT2D eigenvalue weighted by molar-refractivity contribution is -0.148. The van der Waals surface area contributed by atoms with Crippen LogP contribution in [0.1, 0.15) is 51.2 Å². The van der Waals surface area contributed by atoms with E-state index in [0.29, 0.717) is 18.7 Å². The zero-order chi connectivity index (χ0) is 16.5. The molecule has 2 atom stereocenters. The van der Waals surface area contributed by atoms with Crippen molar-refractivity contribution in [1.82, 2.24) is 4.90 Å². The van der Waals surface area contributed by atoms with Gasteiger partial charge in [0.2, 0.25) is 5.91 Å². The number of rotatable bonds is 1. The highest BCUT2D eigenvalue weighted by Crippen LogP contribution is 2.71. The van der Waals surface area contributed by atoms with E-state index in [9.17, 15) is 9.59 Å². The van der Waals surface area contributed by atoms with Crippen molar-refractivity contribution < 1.29 is 9.59 Å². The van der Waals surface area contributed by atoms with Crippen molar-refractivity contribution in [3.05, 3.63) is 35.4 Å². The molecular formula is C20H25NO2. The molecule has 2 fully saturated rings. The van der Waals surface area contributed by atoms with Crippen molar-refractivity contribution in [2.24, 2.45) is 16.2 Å². The summed E-state index contributed by atoms with van der Waals surface area (Å²) < 4.78 is 0. The normalized spacial score (nSPS) is 34.6. The zero-order valence-electron chi connectivity index (χ0n) is 14.3. The molecule has 2 aliphatic carbocycles. The standard InChI is InChI=1S/C20H25NO2/c1-18(2)19(3)9-10-20(18,12-16(19)22)17(23)21-11-8-14-6-4-5-7-15(14)13-21/h4-7H,8-13H2,1-3H3/t19-,20-/m0/s1. The van der Waals surface area contributed by atoms with Crippen molar-refractivity contribution in [2.45, 2.75) is 53.0 Å². The van der Waals surface area contributed by atoms with Gasteiger partial charge >= 0.3 is 0 Å². The lowest BCUT2D eigenvalue weighted by atomic mass is 9.64. The summed E-state index contributed by atoms with van der Waals surface area (Å²) in [5.74, 6) is 0.506. The second-order valence-corrected chi connectivity index (χ2v) is 8.38. The highest BCUT2D eigenvalue weighted by atomic mass is 16.2. The van der Waals surface area contributed by atoms with Crippen LogP contribution in [0, 0.1) is 16.2 Å². The highest BCUT2D eigenvalue weighted by molar-refractivity contribution is 5.99. The Morgan fingerprint density at radius 3 is 2.39 bits per heavy atom. The van der Waals surface area contributed by atoms with E-state index in [1.807, 2.05) is 11.0 Å². The number of fused-ring (bicyclic) bond motifs is 3. The summed E-state index contributed by atoms with van der Waals surface area (Å²) >= 11 is 0. The Bertz CT molecular complexity index is 707. The summed E-state index contributed by atoms with van der Waals surface area (Å²) in [6, 6.07) is 8.39. The molecule has 1 heterocycles. The number of ketones is 1. The minimum Gasteiger partial charge on any atom is -0.338 e. The van der Waals surface area contributed by atoms with Gasteiger partial charge in [0.05, 0.1) is 5.41 Å². The third-order valence-electron chi connectivity index (χ3n) is 7.53. The molecule has 0 N–H and O–H groups in total. The van der Waals surface area contributed by atoms with Crippen LogP contribution in [0.2, 0.25) is 0 Å². The van der Waals surface area contributed by atoms with E-state index in [1.54, 1.807) is 0 Å². The first-order valence-electron chi connectivity index (χ1n) is 8.71. The molecule has 3 aliphatic rings. The first-order valence-corrected chi connectivity index (χ1v) is 8.71. The molecular weight excluding hydrogens is 286 g/mol. The van der Waals surface area contributed by atoms with E-state index >= 15 is 0 Å². The Kier molecular flexibility index (Phi) is 2.89. The molecule has 0 radical (unpaired) electrons. The number of carbonyl (C=O) groups is 2. The zero-order valence-corrected chi connectivity index (χ0v) is 14.3. The molecule has 1 aliphatic heterocycles. The van der Waals surface area contributed by atoms with Gasteiger partial charge in [0.15, 0.2) is 0 Å². The molecule has 2 bridgehead atoms. The molecule has 4 rings (SSSR count). The Morgan fingerprint density at radius 1 is 1.09 bits per heavy atom. The third-order valence-corrected chi connectivity index (χ3v) is 7.53. The van der Waals surface area contributed by atoms with Crippen molar-refractivity contribution in [3.8, 4) is 0 Å². The number of hydrogen-bond acceptors (Lipinski definition) is 2. The minimum atomic E-state index is -0.481. The van der Waals surface area contributed by atoms with E-state index in [0.717, 1.165) is 25.8 Å². The SMILES string of the molecule is CC1(C)[C@@]2(C(=O)N3CCc4ccccc4C3)CC[C@@]1(C)C(=O)C2. The second-order valence-electron chi connectivity index (χ2n) is 8.38. The van der Waals surface area contributed by atoms with E-state index in [-0.39, 0.29) is 16.7 Å². The van der Waals surface area contributed by atoms with Gasteiger partial charge in [-0.05, 0) is 35.8 Å². The van der Waals surface area contributed by atoms with Gasteiger partial charge in [0.25, 0.3) is 0 Å². The van der Waals surface area contributed by atoms with Gasteiger partial charge in [-0.2, -0.15) is 0 Å². The minimum absolute atomic E-state index is 0.214. The van der Waals surface area contributed by atoms with E-state index < -0.39 is 5.41 Å². The third kappa shape index (κ3) is 1.66. The van der Waals surface area contributed by atoms with Crippen LogP contribution in [-0.2, 0) is 22.6 Å². The van der Waals surface area contributed by atoms with Gasteiger partial charge in [0, 0.05) is 24.9 Å². The van der Waals surface area contributed by atoms with Gasteiger partial charge in [-0.25, -0.2) is 0 Å². The van der Waals surface area contributed by atoms with E-state index in [2.05, 4.69) is 39.0 Å². The number of nitrogens with zero attached hydrogens (tertiary/aromatic N) is 1. The highest BCUT2D eigenvalue weighted by Gasteiger charge is 2.73. The summed E-state index contributed by atoms with van der Waals surface area (Å²) in [4.78, 5) is 28.1. The number of amides is 1. The summed E-state index contributed by atoms with van der Waals surface area (Å²) in [6.07, 6.45) is 3.07. The van der Waals surface area contributed by atoms with Crippen molar-refractivity contribution in [1.29, 1.82) is 0 Å². The largest absolute Gasteiger partial charge is 0.338 e. The Balaban J connectivity index is 1.67. The van der Waals surface area contributed by atoms with Crippen molar-refractivity contribution >= 4 is 11.7 Å². The predicted molar refractivity (Wildman–Crippen MR) is 88.7 cm³/mol. The smallest absolute Gasteiger partial charge is 0.230 e. The van der Waals surface area contributed by atoms with E-state index in [1.165, 1.54) is 11.1 Å². The van der Waals surface area contributed by atoms with Crippen LogP contribution < -0.4 is 0 Å². The fraction of sp³-hybridized carbons (Fsp3) is 0.600. The Labute approximate surface area is 138 Å². The summed E-state index contributed by atoms with van der Waals surface area (Å²) in [7, 11) is 0.